The van der Waals surface area contributed by atoms with Crippen LogP contribution >= 0.6 is 0 Å². The van der Waals surface area contributed by atoms with Crippen LogP contribution in [0, 0.1) is 11.8 Å². The average Bonchev–Trinajstić information content (AvgIpc) is 2.62. The summed E-state index contributed by atoms with van der Waals surface area (Å²) in [6.07, 6.45) is 13.9. The van der Waals surface area contributed by atoms with Gasteiger partial charge in [-0.1, -0.05) is 19.3 Å². The molecule has 2 saturated carbocycles. The Morgan fingerprint density at radius 1 is 1.16 bits per heavy atom. The third-order valence-corrected chi connectivity index (χ3v) is 5.86. The molecule has 0 bridgehead atoms. The van der Waals surface area contributed by atoms with Crippen LogP contribution in [-0.4, -0.2) is 36.6 Å². The number of unbranched alkanes of at least 4 members (excludes halogenated alkanes) is 1. The lowest BCUT2D eigenvalue weighted by molar-refractivity contribution is -0.152. The molecule has 2 aliphatic carbocycles. The Labute approximate surface area is 151 Å². The van der Waals surface area contributed by atoms with E-state index in [4.69, 9.17) is 14.6 Å². The first kappa shape index (κ1) is 18.7. The van der Waals surface area contributed by atoms with Crippen LogP contribution in [0.4, 0.5) is 0 Å². The lowest BCUT2D eigenvalue weighted by atomic mass is 9.77. The van der Waals surface area contributed by atoms with Crippen molar-refractivity contribution in [3.8, 4) is 0 Å². The van der Waals surface area contributed by atoms with Crippen molar-refractivity contribution in [1.82, 2.24) is 5.32 Å². The Balaban J connectivity index is 1.60. The zero-order chi connectivity index (χ0) is 17.5. The average molecular weight is 351 g/mol. The molecule has 1 amide bonds. The van der Waals surface area contributed by atoms with Gasteiger partial charge in [0.1, 0.15) is 0 Å². The molecule has 0 aromatic heterocycles. The van der Waals surface area contributed by atoms with Crippen molar-refractivity contribution in [1.29, 1.82) is 0 Å². The normalized spacial score (nSPS) is 28.0. The molecule has 0 aromatic carbocycles. The summed E-state index contributed by atoms with van der Waals surface area (Å²) in [5.41, 5.74) is 0. The summed E-state index contributed by atoms with van der Waals surface area (Å²) in [6.45, 7) is 0.759. The molecule has 0 unspecified atom stereocenters. The zero-order valence-corrected chi connectivity index (χ0v) is 15.3. The van der Waals surface area contributed by atoms with Crippen LogP contribution in [0.5, 0.6) is 0 Å². The fraction of sp³-hybridized carbons (Fsp3) is 0.850. The Morgan fingerprint density at radius 2 is 1.96 bits per heavy atom. The van der Waals surface area contributed by atoms with Crippen molar-refractivity contribution in [2.75, 3.05) is 13.2 Å². The molecule has 0 radical (unpaired) electrons. The molecule has 2 fully saturated rings. The van der Waals surface area contributed by atoms with E-state index in [2.05, 4.69) is 11.4 Å². The molecular formula is C20H33NO4. The second-order valence-corrected chi connectivity index (χ2v) is 7.78. The molecule has 5 heteroatoms. The maximum atomic E-state index is 12.6. The predicted octanol–water partition coefficient (Wildman–Crippen LogP) is 3.27. The molecule has 0 aromatic rings. The van der Waals surface area contributed by atoms with Gasteiger partial charge < -0.3 is 19.9 Å². The number of amides is 1. The predicted molar refractivity (Wildman–Crippen MR) is 95.7 cm³/mol. The van der Waals surface area contributed by atoms with E-state index in [0.29, 0.717) is 30.2 Å². The first-order valence-corrected chi connectivity index (χ1v) is 10.2. The van der Waals surface area contributed by atoms with Gasteiger partial charge in [0.15, 0.2) is 5.76 Å². The van der Waals surface area contributed by atoms with Gasteiger partial charge >= 0.3 is 0 Å². The molecule has 25 heavy (non-hydrogen) atoms. The molecule has 3 rings (SSSR count). The number of allylic oxidation sites excluding steroid dienone is 1. The van der Waals surface area contributed by atoms with Gasteiger partial charge in [-0.05, 0) is 62.9 Å². The van der Waals surface area contributed by atoms with Gasteiger partial charge in [-0.15, -0.1) is 0 Å². The molecule has 3 aliphatic rings. The number of hydrogen-bond acceptors (Lipinski definition) is 4. The maximum absolute atomic E-state index is 12.6. The van der Waals surface area contributed by atoms with Crippen molar-refractivity contribution < 1.29 is 19.4 Å². The van der Waals surface area contributed by atoms with Crippen LogP contribution in [0.25, 0.3) is 0 Å². The minimum absolute atomic E-state index is 0.0748. The first-order valence-electron chi connectivity index (χ1n) is 10.2. The highest BCUT2D eigenvalue weighted by molar-refractivity contribution is 5.91. The number of nitrogens with one attached hydrogen (secondary N) is 1. The van der Waals surface area contributed by atoms with E-state index < -0.39 is 0 Å². The highest BCUT2D eigenvalue weighted by Gasteiger charge is 2.33. The lowest BCUT2D eigenvalue weighted by Crippen LogP contribution is -2.42. The molecule has 2 N–H and O–H groups in total. The summed E-state index contributed by atoms with van der Waals surface area (Å²) in [6, 6.07) is 0.316. The third-order valence-electron chi connectivity index (χ3n) is 5.86. The summed E-state index contributed by atoms with van der Waals surface area (Å²) in [7, 11) is 0. The minimum Gasteiger partial charge on any atom is -0.459 e. The summed E-state index contributed by atoms with van der Waals surface area (Å²) < 4.78 is 11.8. The number of ether oxygens (including phenoxy) is 2. The van der Waals surface area contributed by atoms with Crippen LogP contribution in [0.1, 0.15) is 70.6 Å². The van der Waals surface area contributed by atoms with Gasteiger partial charge in [-0.3, -0.25) is 4.79 Å². The van der Waals surface area contributed by atoms with E-state index in [1.54, 1.807) is 0 Å². The molecule has 0 saturated heterocycles. The third kappa shape index (κ3) is 5.45. The van der Waals surface area contributed by atoms with E-state index in [1.807, 2.05) is 0 Å². The molecule has 1 aliphatic heterocycles. The van der Waals surface area contributed by atoms with Gasteiger partial charge in [0.2, 0.25) is 6.29 Å². The smallest absolute Gasteiger partial charge is 0.286 e. The lowest BCUT2D eigenvalue weighted by Gasteiger charge is -2.35. The van der Waals surface area contributed by atoms with Gasteiger partial charge in [-0.2, -0.15) is 0 Å². The number of rotatable bonds is 8. The largest absolute Gasteiger partial charge is 0.459 e. The van der Waals surface area contributed by atoms with E-state index in [-0.39, 0.29) is 18.8 Å². The number of carbonyl (C=O) groups is 1. The number of carbonyl (C=O) groups excluding carboxylic acids is 1. The quantitative estimate of drug-likeness (QED) is 0.659. The number of aliphatic hydroxyl groups is 1. The molecule has 142 valence electrons. The maximum Gasteiger partial charge on any atom is 0.286 e. The van der Waals surface area contributed by atoms with Crippen LogP contribution in [-0.2, 0) is 14.3 Å². The number of hydrogen-bond donors (Lipinski definition) is 2. The van der Waals surface area contributed by atoms with Crippen molar-refractivity contribution in [2.24, 2.45) is 11.8 Å². The highest BCUT2D eigenvalue weighted by Crippen LogP contribution is 2.37. The molecule has 2 atom stereocenters. The topological polar surface area (TPSA) is 67.8 Å². The van der Waals surface area contributed by atoms with Crippen LogP contribution in [0.2, 0.25) is 0 Å². The van der Waals surface area contributed by atoms with E-state index in [1.165, 1.54) is 38.5 Å². The zero-order valence-electron chi connectivity index (χ0n) is 15.3. The first-order chi connectivity index (χ1) is 12.3. The summed E-state index contributed by atoms with van der Waals surface area (Å²) in [5.74, 6) is 1.40. The van der Waals surface area contributed by atoms with E-state index in [9.17, 15) is 4.79 Å². The van der Waals surface area contributed by atoms with Crippen LogP contribution < -0.4 is 5.32 Å². The molecule has 1 heterocycles. The van der Waals surface area contributed by atoms with Gasteiger partial charge in [0.05, 0.1) is 6.61 Å². The van der Waals surface area contributed by atoms with Gasteiger partial charge in [0.25, 0.3) is 5.91 Å². The Hall–Kier alpha value is -1.07. The monoisotopic (exact) mass is 351 g/mol. The van der Waals surface area contributed by atoms with Crippen molar-refractivity contribution in [3.63, 3.8) is 0 Å². The second-order valence-electron chi connectivity index (χ2n) is 7.78. The molecule has 5 nitrogen and oxygen atoms in total. The van der Waals surface area contributed by atoms with Crippen molar-refractivity contribution in [2.45, 2.75) is 83.0 Å². The van der Waals surface area contributed by atoms with Crippen molar-refractivity contribution >= 4 is 5.91 Å². The Morgan fingerprint density at radius 3 is 2.64 bits per heavy atom. The highest BCUT2D eigenvalue weighted by atomic mass is 16.7. The fourth-order valence-corrected chi connectivity index (χ4v) is 4.07. The summed E-state index contributed by atoms with van der Waals surface area (Å²) in [4.78, 5) is 12.6. The SMILES string of the molecule is O=C(NC1CCC1)C1=C[C@H](C2CCCCC2)C[C@H](OCCCCO)O1. The van der Waals surface area contributed by atoms with Gasteiger partial charge in [0, 0.05) is 19.1 Å². The minimum atomic E-state index is -0.335. The molecule has 0 spiro atoms. The Bertz CT molecular complexity index is 455. The van der Waals surface area contributed by atoms with Crippen molar-refractivity contribution in [3.05, 3.63) is 11.8 Å². The fourth-order valence-electron chi connectivity index (χ4n) is 4.07. The van der Waals surface area contributed by atoms with E-state index >= 15 is 0 Å². The summed E-state index contributed by atoms with van der Waals surface area (Å²) >= 11 is 0. The van der Waals surface area contributed by atoms with Gasteiger partial charge in [-0.25, -0.2) is 0 Å². The van der Waals surface area contributed by atoms with Crippen LogP contribution in [0.3, 0.4) is 0 Å². The second kappa shape index (κ2) is 9.58. The Kier molecular flexibility index (Phi) is 7.17. The van der Waals surface area contributed by atoms with E-state index in [0.717, 1.165) is 32.1 Å². The number of aliphatic hydroxyl groups excluding tert-OH is 1. The van der Waals surface area contributed by atoms with Crippen LogP contribution in [0.15, 0.2) is 11.8 Å². The summed E-state index contributed by atoms with van der Waals surface area (Å²) in [5, 5.41) is 12.0. The molecular weight excluding hydrogens is 318 g/mol. The standard InChI is InChI=1S/C20H33NO4/c22-11-4-5-12-24-19-14-16(15-7-2-1-3-8-15)13-18(25-19)20(23)21-17-9-6-10-17/h13,15-17,19,22H,1-12,14H2,(H,21,23)/t16-,19+/m0/s1.